The third kappa shape index (κ3) is 4.31. The van der Waals surface area contributed by atoms with Crippen molar-refractivity contribution in [3.63, 3.8) is 0 Å². The number of hydrogen-bond donors (Lipinski definition) is 1. The molecule has 0 saturated carbocycles. The summed E-state index contributed by atoms with van der Waals surface area (Å²) in [5, 5.41) is 9.44. The summed E-state index contributed by atoms with van der Waals surface area (Å²) in [7, 11) is 1.60. The zero-order chi connectivity index (χ0) is 20.1. The molecule has 1 aromatic heterocycles. The number of hydrogen-bond acceptors (Lipinski definition) is 4. The molecule has 5 nitrogen and oxygen atoms in total. The highest BCUT2D eigenvalue weighted by atomic mass is 16.5. The van der Waals surface area contributed by atoms with E-state index in [0.717, 1.165) is 11.1 Å². The summed E-state index contributed by atoms with van der Waals surface area (Å²) in [4.78, 5) is 16.2. The Hall–Kier alpha value is -3.34. The van der Waals surface area contributed by atoms with Crippen molar-refractivity contribution in [2.75, 3.05) is 7.11 Å². The van der Waals surface area contributed by atoms with Crippen molar-refractivity contribution >= 4 is 5.97 Å². The summed E-state index contributed by atoms with van der Waals surface area (Å²) in [5.41, 5.74) is 3.22. The van der Waals surface area contributed by atoms with Crippen LogP contribution in [0, 0.1) is 0 Å². The number of carboxylic acid groups (broad SMARTS) is 1. The molecule has 1 N–H and O–H groups in total. The maximum atomic E-state index is 11.5. The van der Waals surface area contributed by atoms with E-state index in [4.69, 9.17) is 9.47 Å². The van der Waals surface area contributed by atoms with Crippen molar-refractivity contribution in [1.29, 1.82) is 0 Å². The molecule has 3 aromatic rings. The number of nitrogens with zero attached hydrogens (tertiary/aromatic N) is 1. The maximum absolute atomic E-state index is 11.5. The minimum Gasteiger partial charge on any atom is -0.497 e. The van der Waals surface area contributed by atoms with E-state index in [-0.39, 0.29) is 11.5 Å². The number of carboxylic acids is 1. The van der Waals surface area contributed by atoms with Crippen LogP contribution in [0.1, 0.15) is 41.4 Å². The monoisotopic (exact) mass is 377 g/mol. The number of benzene rings is 2. The topological polar surface area (TPSA) is 68.7 Å². The van der Waals surface area contributed by atoms with Gasteiger partial charge in [-0.2, -0.15) is 0 Å². The van der Waals surface area contributed by atoms with Crippen molar-refractivity contribution < 1.29 is 19.4 Å². The van der Waals surface area contributed by atoms with E-state index in [1.165, 1.54) is 0 Å². The highest BCUT2D eigenvalue weighted by Crippen LogP contribution is 2.34. The van der Waals surface area contributed by atoms with Crippen molar-refractivity contribution in [2.24, 2.45) is 0 Å². The molecule has 0 aliphatic rings. The maximum Gasteiger partial charge on any atom is 0.337 e. The first-order valence-electron chi connectivity index (χ1n) is 9.09. The van der Waals surface area contributed by atoms with Gasteiger partial charge < -0.3 is 14.6 Å². The fourth-order valence-corrected chi connectivity index (χ4v) is 2.94. The second kappa shape index (κ2) is 8.57. The largest absolute Gasteiger partial charge is 0.497 e. The summed E-state index contributed by atoms with van der Waals surface area (Å²) in [6, 6.07) is 18.7. The molecule has 0 spiro atoms. The molecule has 0 radical (unpaired) electrons. The van der Waals surface area contributed by atoms with Gasteiger partial charge in [0.05, 0.1) is 24.1 Å². The van der Waals surface area contributed by atoms with E-state index < -0.39 is 5.97 Å². The molecule has 0 aliphatic heterocycles. The first-order valence-corrected chi connectivity index (χ1v) is 9.09. The number of pyridine rings is 1. The van der Waals surface area contributed by atoms with Crippen LogP contribution in [0.15, 0.2) is 60.7 Å². The zero-order valence-electron chi connectivity index (χ0n) is 16.2. The minimum absolute atomic E-state index is 0.0228. The lowest BCUT2D eigenvalue weighted by atomic mass is 10.0. The number of aromatic nitrogens is 1. The lowest BCUT2D eigenvalue weighted by Gasteiger charge is -2.15. The Bertz CT molecular complexity index is 968. The molecule has 0 atom stereocenters. The molecule has 0 saturated heterocycles. The van der Waals surface area contributed by atoms with Crippen molar-refractivity contribution in [2.45, 2.75) is 26.4 Å². The van der Waals surface area contributed by atoms with Crippen LogP contribution in [0.4, 0.5) is 0 Å². The second-order valence-electron chi connectivity index (χ2n) is 6.73. The molecule has 5 heteroatoms. The van der Waals surface area contributed by atoms with Gasteiger partial charge in [0.2, 0.25) is 0 Å². The zero-order valence-corrected chi connectivity index (χ0v) is 16.2. The number of ether oxygens (including phenoxy) is 2. The standard InChI is InChI=1S/C23H23NO4/c1-15(2)22-18(23(25)26)10-11-20(24-22)19-13-17(27-3)9-12-21(19)28-14-16-7-5-4-6-8-16/h4-13,15H,14H2,1-3H3,(H,25,26). The molecule has 0 aliphatic carbocycles. The van der Waals surface area contributed by atoms with Gasteiger partial charge in [-0.1, -0.05) is 44.2 Å². The molecule has 0 fully saturated rings. The van der Waals surface area contributed by atoms with Gasteiger partial charge in [-0.15, -0.1) is 0 Å². The smallest absolute Gasteiger partial charge is 0.337 e. The predicted molar refractivity (Wildman–Crippen MR) is 108 cm³/mol. The van der Waals surface area contributed by atoms with Crippen molar-refractivity contribution in [3.05, 3.63) is 77.5 Å². The summed E-state index contributed by atoms with van der Waals surface area (Å²) in [5.74, 6) is 0.339. The molecule has 28 heavy (non-hydrogen) atoms. The summed E-state index contributed by atoms with van der Waals surface area (Å²) in [6.07, 6.45) is 0. The average Bonchev–Trinajstić information content (AvgIpc) is 2.72. The first kappa shape index (κ1) is 19.4. The van der Waals surface area contributed by atoms with Crippen LogP contribution < -0.4 is 9.47 Å². The third-order valence-electron chi connectivity index (χ3n) is 4.40. The van der Waals surface area contributed by atoms with Gasteiger partial charge in [-0.3, -0.25) is 4.98 Å². The summed E-state index contributed by atoms with van der Waals surface area (Å²) in [6.45, 7) is 4.28. The Morgan fingerprint density at radius 1 is 1.07 bits per heavy atom. The molecule has 0 bridgehead atoms. The Morgan fingerprint density at radius 2 is 1.82 bits per heavy atom. The van der Waals surface area contributed by atoms with Crippen molar-refractivity contribution in [3.8, 4) is 22.8 Å². The highest BCUT2D eigenvalue weighted by Gasteiger charge is 2.18. The molecular formula is C23H23NO4. The summed E-state index contributed by atoms with van der Waals surface area (Å²) < 4.78 is 11.4. The van der Waals surface area contributed by atoms with Gasteiger partial charge in [0.15, 0.2) is 0 Å². The minimum atomic E-state index is -0.978. The van der Waals surface area contributed by atoms with E-state index in [1.54, 1.807) is 19.2 Å². The Labute approximate surface area is 164 Å². The number of aromatic carboxylic acids is 1. The molecule has 3 rings (SSSR count). The summed E-state index contributed by atoms with van der Waals surface area (Å²) >= 11 is 0. The third-order valence-corrected chi connectivity index (χ3v) is 4.40. The van der Waals surface area contributed by atoms with Crippen LogP contribution in [0.5, 0.6) is 11.5 Å². The molecule has 0 amide bonds. The van der Waals surface area contributed by atoms with Crippen LogP contribution in [0.25, 0.3) is 11.3 Å². The lowest BCUT2D eigenvalue weighted by molar-refractivity contribution is 0.0694. The quantitative estimate of drug-likeness (QED) is 0.616. The average molecular weight is 377 g/mol. The van der Waals surface area contributed by atoms with Crippen LogP contribution in [0.3, 0.4) is 0 Å². The van der Waals surface area contributed by atoms with Crippen LogP contribution in [-0.2, 0) is 6.61 Å². The van der Waals surface area contributed by atoms with E-state index >= 15 is 0 Å². The van der Waals surface area contributed by atoms with Crippen LogP contribution >= 0.6 is 0 Å². The second-order valence-corrected chi connectivity index (χ2v) is 6.73. The number of rotatable bonds is 7. The van der Waals surface area contributed by atoms with E-state index in [9.17, 15) is 9.90 Å². The molecule has 0 unspecified atom stereocenters. The fraction of sp³-hybridized carbons (Fsp3) is 0.217. The number of carbonyl (C=O) groups is 1. The van der Waals surface area contributed by atoms with Gasteiger partial charge in [0, 0.05) is 5.56 Å². The molecule has 144 valence electrons. The van der Waals surface area contributed by atoms with Gasteiger partial charge in [0.1, 0.15) is 18.1 Å². The van der Waals surface area contributed by atoms with E-state index in [2.05, 4.69) is 4.98 Å². The Kier molecular flexibility index (Phi) is 5.94. The van der Waals surface area contributed by atoms with E-state index in [1.807, 2.05) is 62.4 Å². The SMILES string of the molecule is COc1ccc(OCc2ccccc2)c(-c2ccc(C(=O)O)c(C(C)C)n2)c1. The lowest BCUT2D eigenvalue weighted by Crippen LogP contribution is -2.07. The predicted octanol–water partition coefficient (Wildman–Crippen LogP) is 5.16. The number of methoxy groups -OCH3 is 1. The normalized spacial score (nSPS) is 10.7. The highest BCUT2D eigenvalue weighted by molar-refractivity contribution is 5.89. The van der Waals surface area contributed by atoms with Gasteiger partial charge >= 0.3 is 5.97 Å². The van der Waals surface area contributed by atoms with Crippen molar-refractivity contribution in [1.82, 2.24) is 4.98 Å². The van der Waals surface area contributed by atoms with Gasteiger partial charge in [-0.05, 0) is 41.8 Å². The Morgan fingerprint density at radius 3 is 2.46 bits per heavy atom. The van der Waals surface area contributed by atoms with Crippen LogP contribution in [0.2, 0.25) is 0 Å². The van der Waals surface area contributed by atoms with Gasteiger partial charge in [-0.25, -0.2) is 4.79 Å². The molecule has 2 aromatic carbocycles. The first-order chi connectivity index (χ1) is 13.5. The molecule has 1 heterocycles. The van der Waals surface area contributed by atoms with Gasteiger partial charge in [0.25, 0.3) is 0 Å². The molecular weight excluding hydrogens is 354 g/mol. The van der Waals surface area contributed by atoms with E-state index in [0.29, 0.717) is 29.5 Å². The Balaban J connectivity index is 2.02. The van der Waals surface area contributed by atoms with Crippen LogP contribution in [-0.4, -0.2) is 23.2 Å². The fourth-order valence-electron chi connectivity index (χ4n) is 2.94.